The number of nitrogens with zero attached hydrogens (tertiary/aromatic N) is 2. The molecule has 7 heteroatoms. The number of hydrogen-bond donors (Lipinski definition) is 1. The SMILES string of the molecule is COc1cc(/C=C2/SC(N3C[C@@H](C)O[C@@H](C)C3)=NC2=O)ccc1O. The lowest BCUT2D eigenvalue weighted by atomic mass is 10.2. The van der Waals surface area contributed by atoms with Crippen molar-refractivity contribution < 1.29 is 19.4 Å². The maximum Gasteiger partial charge on any atom is 0.286 e. The van der Waals surface area contributed by atoms with Crippen LogP contribution in [0.25, 0.3) is 6.08 Å². The van der Waals surface area contributed by atoms with E-state index < -0.39 is 0 Å². The van der Waals surface area contributed by atoms with E-state index in [-0.39, 0.29) is 23.9 Å². The molecule has 24 heavy (non-hydrogen) atoms. The van der Waals surface area contributed by atoms with E-state index in [1.165, 1.54) is 18.9 Å². The third-order valence-corrected chi connectivity index (χ3v) is 4.85. The van der Waals surface area contributed by atoms with Gasteiger partial charge >= 0.3 is 0 Å². The van der Waals surface area contributed by atoms with Crippen molar-refractivity contribution in [1.29, 1.82) is 0 Å². The molecule has 1 saturated heterocycles. The maximum absolute atomic E-state index is 12.2. The van der Waals surface area contributed by atoms with Crippen molar-refractivity contribution in [2.75, 3.05) is 20.2 Å². The molecule has 2 aliphatic heterocycles. The molecule has 2 atom stereocenters. The number of amidine groups is 1. The second kappa shape index (κ2) is 6.86. The molecular formula is C17H20N2O4S. The van der Waals surface area contributed by atoms with Gasteiger partial charge < -0.3 is 19.5 Å². The molecule has 1 aromatic carbocycles. The average Bonchev–Trinajstić information content (AvgIpc) is 2.89. The summed E-state index contributed by atoms with van der Waals surface area (Å²) in [4.78, 5) is 19.0. The molecule has 128 valence electrons. The van der Waals surface area contributed by atoms with Crippen molar-refractivity contribution in [2.24, 2.45) is 4.99 Å². The average molecular weight is 348 g/mol. The smallest absolute Gasteiger partial charge is 0.286 e. The van der Waals surface area contributed by atoms with E-state index in [9.17, 15) is 9.90 Å². The fourth-order valence-corrected chi connectivity index (χ4v) is 3.73. The lowest BCUT2D eigenvalue weighted by Crippen LogP contribution is -2.47. The fraction of sp³-hybridized carbons (Fsp3) is 0.412. The molecule has 0 unspecified atom stereocenters. The first-order valence-electron chi connectivity index (χ1n) is 7.76. The molecule has 3 rings (SSSR count). The Hall–Kier alpha value is -1.99. The second-order valence-corrected chi connectivity index (χ2v) is 6.91. The van der Waals surface area contributed by atoms with Gasteiger partial charge in [-0.05, 0) is 49.4 Å². The van der Waals surface area contributed by atoms with Gasteiger partial charge in [0.2, 0.25) is 0 Å². The van der Waals surface area contributed by atoms with E-state index in [2.05, 4.69) is 9.89 Å². The largest absolute Gasteiger partial charge is 0.504 e. The topological polar surface area (TPSA) is 71.4 Å². The van der Waals surface area contributed by atoms with Crippen molar-refractivity contribution >= 4 is 28.9 Å². The van der Waals surface area contributed by atoms with Crippen molar-refractivity contribution in [1.82, 2.24) is 4.90 Å². The number of amides is 1. The highest BCUT2D eigenvalue weighted by Crippen LogP contribution is 2.33. The molecule has 0 bridgehead atoms. The summed E-state index contributed by atoms with van der Waals surface area (Å²) < 4.78 is 10.8. The molecule has 1 aromatic rings. The van der Waals surface area contributed by atoms with Gasteiger partial charge in [0, 0.05) is 13.1 Å². The van der Waals surface area contributed by atoms with Crippen molar-refractivity contribution in [2.45, 2.75) is 26.1 Å². The van der Waals surface area contributed by atoms with Crippen molar-refractivity contribution in [3.05, 3.63) is 28.7 Å². The Morgan fingerprint density at radius 3 is 2.75 bits per heavy atom. The first-order valence-corrected chi connectivity index (χ1v) is 8.58. The molecule has 1 fully saturated rings. The zero-order chi connectivity index (χ0) is 17.3. The zero-order valence-electron chi connectivity index (χ0n) is 13.9. The number of thioether (sulfide) groups is 1. The predicted octanol–water partition coefficient (Wildman–Crippen LogP) is 2.48. The number of hydrogen-bond acceptors (Lipinski definition) is 6. The van der Waals surface area contributed by atoms with Crippen LogP contribution >= 0.6 is 11.8 Å². The molecule has 1 amide bonds. The van der Waals surface area contributed by atoms with Gasteiger partial charge in [0.15, 0.2) is 16.7 Å². The molecule has 0 aliphatic carbocycles. The summed E-state index contributed by atoms with van der Waals surface area (Å²) in [7, 11) is 1.49. The lowest BCUT2D eigenvalue weighted by Gasteiger charge is -2.35. The van der Waals surface area contributed by atoms with Gasteiger partial charge in [-0.3, -0.25) is 4.79 Å². The molecule has 1 N–H and O–H groups in total. The molecule has 0 aromatic heterocycles. The Labute approximate surface area is 145 Å². The van der Waals surface area contributed by atoms with Gasteiger partial charge in [-0.25, -0.2) is 0 Å². The molecule has 2 aliphatic rings. The van der Waals surface area contributed by atoms with Crippen molar-refractivity contribution in [3.63, 3.8) is 0 Å². The number of morpholine rings is 1. The van der Waals surface area contributed by atoms with Crippen LogP contribution in [0.15, 0.2) is 28.1 Å². The number of ether oxygens (including phenoxy) is 2. The quantitative estimate of drug-likeness (QED) is 0.828. The molecule has 2 heterocycles. The molecule has 0 saturated carbocycles. The Morgan fingerprint density at radius 2 is 2.08 bits per heavy atom. The first kappa shape index (κ1) is 16.9. The Kier molecular flexibility index (Phi) is 4.82. The first-order chi connectivity index (χ1) is 11.5. The van der Waals surface area contributed by atoms with Gasteiger partial charge in [-0.15, -0.1) is 0 Å². The number of aliphatic imine (C=N–C) groups is 1. The predicted molar refractivity (Wildman–Crippen MR) is 94.3 cm³/mol. The normalized spacial score (nSPS) is 26.0. The summed E-state index contributed by atoms with van der Waals surface area (Å²) in [6.07, 6.45) is 1.99. The Bertz CT molecular complexity index is 707. The van der Waals surface area contributed by atoms with E-state index >= 15 is 0 Å². The number of phenolic OH excluding ortho intramolecular Hbond substituents is 1. The van der Waals surface area contributed by atoms with Crippen molar-refractivity contribution in [3.8, 4) is 11.5 Å². The van der Waals surface area contributed by atoms with E-state index in [1.54, 1.807) is 24.3 Å². The number of carbonyl (C=O) groups is 1. The number of carbonyl (C=O) groups excluding carboxylic acids is 1. The van der Waals surface area contributed by atoms with Gasteiger partial charge in [-0.2, -0.15) is 4.99 Å². The summed E-state index contributed by atoms with van der Waals surface area (Å²) in [5.74, 6) is 0.198. The van der Waals surface area contributed by atoms with Crippen LogP contribution in [0.4, 0.5) is 0 Å². The van der Waals surface area contributed by atoms with Gasteiger partial charge in [0.1, 0.15) is 0 Å². The summed E-state index contributed by atoms with van der Waals surface area (Å²) in [5.41, 5.74) is 0.778. The van der Waals surface area contributed by atoms with Crippen LogP contribution in [-0.2, 0) is 9.53 Å². The third-order valence-electron chi connectivity index (χ3n) is 3.80. The Balaban J connectivity index is 1.77. The second-order valence-electron chi connectivity index (χ2n) is 5.90. The van der Waals surface area contributed by atoms with Crippen LogP contribution in [0.1, 0.15) is 19.4 Å². The number of aromatic hydroxyl groups is 1. The highest BCUT2D eigenvalue weighted by atomic mass is 32.2. The van der Waals surface area contributed by atoms with Gasteiger partial charge in [-0.1, -0.05) is 6.07 Å². The molecule has 6 nitrogen and oxygen atoms in total. The van der Waals surface area contributed by atoms with Crippen LogP contribution in [0, 0.1) is 0 Å². The Morgan fingerprint density at radius 1 is 1.38 bits per heavy atom. The summed E-state index contributed by atoms with van der Waals surface area (Å²) in [6.45, 7) is 5.49. The molecular weight excluding hydrogens is 328 g/mol. The third kappa shape index (κ3) is 3.57. The van der Waals surface area contributed by atoms with E-state index in [0.717, 1.165) is 23.8 Å². The maximum atomic E-state index is 12.2. The number of rotatable bonds is 2. The van der Waals surface area contributed by atoms with Gasteiger partial charge in [0.05, 0.1) is 24.2 Å². The standard InChI is InChI=1S/C17H20N2O4S/c1-10-8-19(9-11(2)23-10)17-18-16(21)15(24-17)7-12-4-5-13(20)14(6-12)22-3/h4-7,10-11,20H,8-9H2,1-3H3/b15-7+/t10-,11+. The summed E-state index contributed by atoms with van der Waals surface area (Å²) >= 11 is 1.37. The van der Waals surface area contributed by atoms with Crippen LogP contribution in [0.2, 0.25) is 0 Å². The van der Waals surface area contributed by atoms with Gasteiger partial charge in [0.25, 0.3) is 5.91 Å². The monoisotopic (exact) mass is 348 g/mol. The highest BCUT2D eigenvalue weighted by molar-refractivity contribution is 8.18. The molecule has 0 radical (unpaired) electrons. The number of benzene rings is 1. The minimum Gasteiger partial charge on any atom is -0.504 e. The summed E-state index contributed by atoms with van der Waals surface area (Å²) in [6, 6.07) is 4.96. The number of phenols is 1. The van der Waals surface area contributed by atoms with Crippen LogP contribution in [0.5, 0.6) is 11.5 Å². The van der Waals surface area contributed by atoms with Crippen LogP contribution in [0.3, 0.4) is 0 Å². The lowest BCUT2D eigenvalue weighted by molar-refractivity contribution is -0.113. The summed E-state index contributed by atoms with van der Waals surface area (Å²) in [5, 5.41) is 10.4. The van der Waals surface area contributed by atoms with E-state index in [1.807, 2.05) is 13.8 Å². The van der Waals surface area contributed by atoms with Crippen LogP contribution in [-0.4, -0.2) is 53.5 Å². The fourth-order valence-electron chi connectivity index (χ4n) is 2.80. The van der Waals surface area contributed by atoms with E-state index in [4.69, 9.17) is 9.47 Å². The highest BCUT2D eigenvalue weighted by Gasteiger charge is 2.31. The molecule has 0 spiro atoms. The number of methoxy groups -OCH3 is 1. The minimum atomic E-state index is -0.242. The minimum absolute atomic E-state index is 0.0679. The van der Waals surface area contributed by atoms with Crippen LogP contribution < -0.4 is 4.74 Å². The zero-order valence-corrected chi connectivity index (χ0v) is 14.7. The van der Waals surface area contributed by atoms with E-state index in [0.29, 0.717) is 10.7 Å².